The maximum Gasteiger partial charge on any atom is 0.271 e. The Kier molecular flexibility index (Phi) is 7.90. The Bertz CT molecular complexity index is 2390. The Morgan fingerprint density at radius 2 is 1.68 bits per heavy atom. The summed E-state index contributed by atoms with van der Waals surface area (Å²) in [4.78, 5) is 40.0. The predicted molar refractivity (Wildman–Crippen MR) is 191 cm³/mol. The molecule has 1 atom stereocenters. The van der Waals surface area contributed by atoms with Gasteiger partial charge in [-0.1, -0.05) is 90.2 Å². The van der Waals surface area contributed by atoms with Crippen molar-refractivity contribution in [2.24, 2.45) is 4.99 Å². The molecule has 1 aliphatic rings. The number of methoxy groups -OCH3 is 1. The number of thiazole rings is 1. The second kappa shape index (κ2) is 12.2. The summed E-state index contributed by atoms with van der Waals surface area (Å²) in [5.41, 5.74) is 6.73. The minimum absolute atomic E-state index is 0.135. The van der Waals surface area contributed by atoms with Gasteiger partial charge < -0.3 is 14.6 Å². The van der Waals surface area contributed by atoms with E-state index in [1.165, 1.54) is 11.3 Å². The number of benzene rings is 4. The number of allylic oxidation sites excluding steroid dienone is 1. The number of hydrogen-bond acceptors (Lipinski definition) is 5. The smallest absolute Gasteiger partial charge is 0.271 e. The normalized spacial score (nSPS) is 14.8. The Balaban J connectivity index is 1.55. The first-order valence-corrected chi connectivity index (χ1v) is 16.7. The van der Waals surface area contributed by atoms with Gasteiger partial charge in [-0.25, -0.2) is 4.99 Å². The van der Waals surface area contributed by atoms with Gasteiger partial charge in [0.25, 0.3) is 11.5 Å². The fraction of sp³-hybridized carbons (Fsp3) is 0.205. The number of carbonyl (C=O) groups excluding carboxylic acids is 1. The lowest BCUT2D eigenvalue weighted by Gasteiger charge is -2.30. The summed E-state index contributed by atoms with van der Waals surface area (Å²) in [6.07, 6.45) is 1.98. The average molecular weight is 641 g/mol. The molecule has 0 bridgehead atoms. The van der Waals surface area contributed by atoms with Gasteiger partial charge in [0.05, 0.1) is 28.6 Å². The molecule has 7 nitrogen and oxygen atoms in total. The molecule has 6 aromatic rings. The number of ether oxygens (including phenoxy) is 1. The Morgan fingerprint density at radius 1 is 0.957 bits per heavy atom. The van der Waals surface area contributed by atoms with Crippen LogP contribution in [0.25, 0.3) is 39.0 Å². The van der Waals surface area contributed by atoms with Gasteiger partial charge in [-0.05, 0) is 61.7 Å². The van der Waals surface area contributed by atoms with E-state index >= 15 is 0 Å². The molecule has 2 aromatic heterocycles. The summed E-state index contributed by atoms with van der Waals surface area (Å²) >= 11 is 1.35. The van der Waals surface area contributed by atoms with Crippen LogP contribution in [-0.2, 0) is 4.79 Å². The van der Waals surface area contributed by atoms with E-state index in [2.05, 4.69) is 36.2 Å². The van der Waals surface area contributed by atoms with Crippen molar-refractivity contribution in [3.8, 4) is 17.0 Å². The minimum atomic E-state index is -0.735. The van der Waals surface area contributed by atoms with Crippen LogP contribution in [0, 0.1) is 6.92 Å². The van der Waals surface area contributed by atoms with E-state index in [1.54, 1.807) is 16.6 Å². The first kappa shape index (κ1) is 30.4. The number of likely N-dealkylation sites (N-methyl/N-ethyl adjacent to an activating group) is 1. The van der Waals surface area contributed by atoms with Crippen molar-refractivity contribution in [2.45, 2.75) is 33.7 Å². The van der Waals surface area contributed by atoms with Gasteiger partial charge in [0.1, 0.15) is 11.8 Å². The van der Waals surface area contributed by atoms with E-state index in [1.807, 2.05) is 87.5 Å². The van der Waals surface area contributed by atoms with Crippen LogP contribution >= 0.6 is 11.3 Å². The molecule has 4 aromatic carbocycles. The summed E-state index contributed by atoms with van der Waals surface area (Å²) in [5.74, 6) is 0.477. The number of aromatic nitrogens is 2. The number of fused-ring (bicyclic) bond motifs is 3. The molecule has 1 amide bonds. The van der Waals surface area contributed by atoms with Crippen molar-refractivity contribution in [3.63, 3.8) is 0 Å². The number of nitrogens with zero attached hydrogens (tertiary/aromatic N) is 3. The molecular weight excluding hydrogens is 605 g/mol. The van der Waals surface area contributed by atoms with Crippen molar-refractivity contribution < 1.29 is 9.53 Å². The van der Waals surface area contributed by atoms with E-state index in [4.69, 9.17) is 9.73 Å². The van der Waals surface area contributed by atoms with E-state index in [9.17, 15) is 9.59 Å². The highest BCUT2D eigenvalue weighted by atomic mass is 32.1. The van der Waals surface area contributed by atoms with Crippen molar-refractivity contribution in [2.75, 3.05) is 20.2 Å². The molecule has 47 heavy (non-hydrogen) atoms. The summed E-state index contributed by atoms with van der Waals surface area (Å²) in [6, 6.07) is 27.6. The SMILES string of the molecule is CCN(CC)C(=O)C1=C(C)N=c2s/c(=C/c3c(-c4ccccc4)[nH]c4c(C)cccc34)c(=O)n2[C@H]1c1c(OC)ccc2ccccc12. The fourth-order valence-electron chi connectivity index (χ4n) is 6.78. The molecule has 0 aliphatic carbocycles. The second-order valence-electron chi connectivity index (χ2n) is 11.7. The van der Waals surface area contributed by atoms with Crippen LogP contribution < -0.4 is 19.6 Å². The maximum atomic E-state index is 14.8. The molecule has 7 rings (SSSR count). The highest BCUT2D eigenvalue weighted by molar-refractivity contribution is 7.07. The summed E-state index contributed by atoms with van der Waals surface area (Å²) in [7, 11) is 1.63. The van der Waals surface area contributed by atoms with E-state index in [0.29, 0.717) is 39.4 Å². The lowest BCUT2D eigenvalue weighted by atomic mass is 9.90. The van der Waals surface area contributed by atoms with Gasteiger partial charge >= 0.3 is 0 Å². The van der Waals surface area contributed by atoms with Crippen LogP contribution in [0.3, 0.4) is 0 Å². The molecule has 0 saturated carbocycles. The average Bonchev–Trinajstić information content (AvgIpc) is 3.62. The number of rotatable bonds is 7. The molecule has 236 valence electrons. The monoisotopic (exact) mass is 640 g/mol. The third-order valence-corrected chi connectivity index (χ3v) is 10.1. The largest absolute Gasteiger partial charge is 0.496 e. The molecule has 0 radical (unpaired) electrons. The lowest BCUT2D eigenvalue weighted by Crippen LogP contribution is -2.43. The molecule has 0 saturated heterocycles. The van der Waals surface area contributed by atoms with Crippen LogP contribution in [0.2, 0.25) is 0 Å². The number of aromatic amines is 1. The molecule has 0 spiro atoms. The molecule has 0 unspecified atom stereocenters. The standard InChI is InChI=1S/C39H36N4O3S/c1-6-42(7-2)38(45)32-24(4)40-39-43(36(32)33-27-18-12-11-15-25(27)20-21-30(33)46-5)37(44)31(47-39)22-29-28-19-13-14-23(3)34(28)41-35(29)26-16-9-8-10-17-26/h8-22,36,41H,6-7H2,1-5H3/b31-22+/t36-/m1/s1. The first-order chi connectivity index (χ1) is 22.9. The van der Waals surface area contributed by atoms with Gasteiger partial charge in [0.2, 0.25) is 0 Å². The number of hydrogen-bond donors (Lipinski definition) is 1. The molecule has 0 fully saturated rings. The third-order valence-electron chi connectivity index (χ3n) is 9.15. The number of H-pyrrole nitrogens is 1. The topological polar surface area (TPSA) is 79.7 Å². The van der Waals surface area contributed by atoms with Crippen LogP contribution in [0.15, 0.2) is 106 Å². The number of nitrogens with one attached hydrogen (secondary N) is 1. The number of aryl methyl sites for hydroxylation is 1. The second-order valence-corrected chi connectivity index (χ2v) is 12.7. The van der Waals surface area contributed by atoms with Gasteiger partial charge in [-0.3, -0.25) is 14.2 Å². The van der Waals surface area contributed by atoms with E-state index in [-0.39, 0.29) is 11.5 Å². The summed E-state index contributed by atoms with van der Waals surface area (Å²) in [6.45, 7) is 8.96. The quantitative estimate of drug-likeness (QED) is 0.210. The van der Waals surface area contributed by atoms with Gasteiger partial charge in [-0.15, -0.1) is 0 Å². The minimum Gasteiger partial charge on any atom is -0.496 e. The first-order valence-electron chi connectivity index (χ1n) is 15.9. The third kappa shape index (κ3) is 5.00. The fourth-order valence-corrected chi connectivity index (χ4v) is 7.81. The van der Waals surface area contributed by atoms with Gasteiger partial charge in [0.15, 0.2) is 4.80 Å². The highest BCUT2D eigenvalue weighted by Crippen LogP contribution is 2.40. The van der Waals surface area contributed by atoms with E-state index in [0.717, 1.165) is 49.6 Å². The zero-order chi connectivity index (χ0) is 32.8. The van der Waals surface area contributed by atoms with Crippen LogP contribution in [0.1, 0.15) is 43.5 Å². The van der Waals surface area contributed by atoms with Crippen LogP contribution in [0.4, 0.5) is 0 Å². The zero-order valence-corrected chi connectivity index (χ0v) is 27.9. The number of carbonyl (C=O) groups is 1. The van der Waals surface area contributed by atoms with Gasteiger partial charge in [0, 0.05) is 35.1 Å². The molecule has 8 heteroatoms. The predicted octanol–water partition coefficient (Wildman–Crippen LogP) is 6.72. The molecule has 1 N–H and O–H groups in total. The van der Waals surface area contributed by atoms with Crippen molar-refractivity contribution >= 4 is 45.0 Å². The van der Waals surface area contributed by atoms with Crippen molar-refractivity contribution in [3.05, 3.63) is 133 Å². The Hall–Kier alpha value is -5.21. The Morgan fingerprint density at radius 3 is 2.43 bits per heavy atom. The van der Waals surface area contributed by atoms with E-state index < -0.39 is 6.04 Å². The highest BCUT2D eigenvalue weighted by Gasteiger charge is 2.36. The van der Waals surface area contributed by atoms with Crippen LogP contribution in [0.5, 0.6) is 5.75 Å². The maximum absolute atomic E-state index is 14.8. The number of para-hydroxylation sites is 1. The zero-order valence-electron chi connectivity index (χ0n) is 27.1. The van der Waals surface area contributed by atoms with Crippen molar-refractivity contribution in [1.82, 2.24) is 14.5 Å². The Labute approximate surface area is 276 Å². The van der Waals surface area contributed by atoms with Gasteiger partial charge in [-0.2, -0.15) is 0 Å². The van der Waals surface area contributed by atoms with Crippen molar-refractivity contribution in [1.29, 1.82) is 0 Å². The summed E-state index contributed by atoms with van der Waals surface area (Å²) in [5, 5.41) is 2.95. The lowest BCUT2D eigenvalue weighted by molar-refractivity contribution is -0.127. The summed E-state index contributed by atoms with van der Waals surface area (Å²) < 4.78 is 8.19. The van der Waals surface area contributed by atoms with Crippen LogP contribution in [-0.4, -0.2) is 40.6 Å². The molecule has 1 aliphatic heterocycles. The molecular formula is C39H36N4O3S. The number of amides is 1. The molecule has 3 heterocycles.